The molecule has 0 fully saturated rings. The van der Waals surface area contributed by atoms with Crippen molar-refractivity contribution in [2.24, 2.45) is 0 Å². The standard InChI is InChI=1S/C16H24O3/c1-16(19-2,14-10-6-5-7-11-14)13-9-4-3-8-12-15(17)18/h5-7,10-11H,3-4,8-9,12-13H2,1-2H3,(H,17,18). The summed E-state index contributed by atoms with van der Waals surface area (Å²) in [4.78, 5) is 10.4. The Bertz CT molecular complexity index is 375. The minimum Gasteiger partial charge on any atom is -0.481 e. The second-order valence-electron chi connectivity index (χ2n) is 5.11. The first-order valence-corrected chi connectivity index (χ1v) is 6.91. The van der Waals surface area contributed by atoms with Crippen LogP contribution in [0.2, 0.25) is 0 Å². The van der Waals surface area contributed by atoms with E-state index in [4.69, 9.17) is 9.84 Å². The number of carboxylic acids is 1. The second-order valence-corrected chi connectivity index (χ2v) is 5.11. The van der Waals surface area contributed by atoms with Crippen LogP contribution in [0.3, 0.4) is 0 Å². The van der Waals surface area contributed by atoms with E-state index in [1.165, 1.54) is 5.56 Å². The molecule has 1 aromatic carbocycles. The van der Waals surface area contributed by atoms with Crippen molar-refractivity contribution in [3.8, 4) is 0 Å². The maximum absolute atomic E-state index is 10.4. The summed E-state index contributed by atoms with van der Waals surface area (Å²) < 4.78 is 5.67. The molecule has 0 amide bonds. The molecule has 0 bridgehead atoms. The van der Waals surface area contributed by atoms with Crippen LogP contribution in [-0.4, -0.2) is 18.2 Å². The lowest BCUT2D eigenvalue weighted by molar-refractivity contribution is -0.137. The van der Waals surface area contributed by atoms with Crippen LogP contribution in [0.25, 0.3) is 0 Å². The summed E-state index contributed by atoms with van der Waals surface area (Å²) in [6.07, 6.45) is 5.09. The minimum atomic E-state index is -0.703. The highest BCUT2D eigenvalue weighted by Crippen LogP contribution is 2.30. The van der Waals surface area contributed by atoms with Gasteiger partial charge in [-0.2, -0.15) is 0 Å². The molecule has 1 rings (SSSR count). The van der Waals surface area contributed by atoms with Crippen molar-refractivity contribution in [3.63, 3.8) is 0 Å². The lowest BCUT2D eigenvalue weighted by atomic mass is 9.90. The Balaban J connectivity index is 2.34. The summed E-state index contributed by atoms with van der Waals surface area (Å²) in [5, 5.41) is 8.57. The lowest BCUT2D eigenvalue weighted by Crippen LogP contribution is -2.24. The molecule has 0 aliphatic carbocycles. The monoisotopic (exact) mass is 264 g/mol. The number of benzene rings is 1. The molecule has 0 heterocycles. The fourth-order valence-electron chi connectivity index (χ4n) is 2.25. The van der Waals surface area contributed by atoms with Crippen molar-refractivity contribution >= 4 is 5.97 Å². The van der Waals surface area contributed by atoms with E-state index in [1.807, 2.05) is 18.2 Å². The van der Waals surface area contributed by atoms with Crippen molar-refractivity contribution in [3.05, 3.63) is 35.9 Å². The Morgan fingerprint density at radius 3 is 2.37 bits per heavy atom. The summed E-state index contributed by atoms with van der Waals surface area (Å²) in [5.74, 6) is -0.703. The van der Waals surface area contributed by atoms with Crippen LogP contribution in [0, 0.1) is 0 Å². The van der Waals surface area contributed by atoms with Gasteiger partial charge in [0.2, 0.25) is 0 Å². The number of carbonyl (C=O) groups is 1. The highest BCUT2D eigenvalue weighted by atomic mass is 16.5. The first-order valence-electron chi connectivity index (χ1n) is 6.91. The van der Waals surface area contributed by atoms with Crippen LogP contribution in [-0.2, 0) is 15.1 Å². The van der Waals surface area contributed by atoms with E-state index < -0.39 is 5.97 Å². The topological polar surface area (TPSA) is 46.5 Å². The Morgan fingerprint density at radius 2 is 1.79 bits per heavy atom. The molecule has 1 aromatic rings. The first kappa shape index (κ1) is 15.7. The van der Waals surface area contributed by atoms with Gasteiger partial charge in [-0.25, -0.2) is 0 Å². The predicted octanol–water partition coefficient (Wildman–Crippen LogP) is 3.97. The molecule has 0 saturated heterocycles. The molecule has 0 spiro atoms. The van der Waals surface area contributed by atoms with E-state index in [-0.39, 0.29) is 12.0 Å². The third-order valence-corrected chi connectivity index (χ3v) is 3.63. The zero-order valence-corrected chi connectivity index (χ0v) is 11.9. The van der Waals surface area contributed by atoms with Crippen molar-refractivity contribution in [2.45, 2.75) is 51.0 Å². The summed E-state index contributed by atoms with van der Waals surface area (Å²) in [5.41, 5.74) is 0.955. The third kappa shape index (κ3) is 5.43. The molecule has 0 saturated carbocycles. The van der Waals surface area contributed by atoms with Gasteiger partial charge >= 0.3 is 5.97 Å². The van der Waals surface area contributed by atoms with Crippen molar-refractivity contribution in [1.82, 2.24) is 0 Å². The van der Waals surface area contributed by atoms with E-state index >= 15 is 0 Å². The van der Waals surface area contributed by atoms with E-state index in [0.29, 0.717) is 0 Å². The van der Waals surface area contributed by atoms with Gasteiger partial charge in [-0.3, -0.25) is 4.79 Å². The quantitative estimate of drug-likeness (QED) is 0.686. The number of rotatable bonds is 9. The van der Waals surface area contributed by atoms with Crippen molar-refractivity contribution < 1.29 is 14.6 Å². The molecule has 0 radical (unpaired) electrons. The van der Waals surface area contributed by atoms with Crippen LogP contribution in [0.5, 0.6) is 0 Å². The zero-order chi connectivity index (χ0) is 14.1. The Morgan fingerprint density at radius 1 is 1.16 bits per heavy atom. The molecule has 1 unspecified atom stereocenters. The molecule has 3 nitrogen and oxygen atoms in total. The SMILES string of the molecule is COC(C)(CCCCCCC(=O)O)c1ccccc1. The number of aliphatic carboxylic acids is 1. The average Bonchev–Trinajstić information content (AvgIpc) is 2.43. The lowest BCUT2D eigenvalue weighted by Gasteiger charge is -2.28. The Labute approximate surface area is 115 Å². The smallest absolute Gasteiger partial charge is 0.303 e. The van der Waals surface area contributed by atoms with Gasteiger partial charge in [-0.1, -0.05) is 49.6 Å². The van der Waals surface area contributed by atoms with E-state index in [1.54, 1.807) is 7.11 Å². The fourth-order valence-corrected chi connectivity index (χ4v) is 2.25. The number of ether oxygens (including phenoxy) is 1. The zero-order valence-electron chi connectivity index (χ0n) is 11.9. The molecular formula is C16H24O3. The molecule has 1 N–H and O–H groups in total. The summed E-state index contributed by atoms with van der Waals surface area (Å²) >= 11 is 0. The van der Waals surface area contributed by atoms with Crippen LogP contribution in [0.1, 0.15) is 51.0 Å². The normalized spacial score (nSPS) is 14.0. The van der Waals surface area contributed by atoms with Gasteiger partial charge < -0.3 is 9.84 Å². The number of hydrogen-bond acceptors (Lipinski definition) is 2. The minimum absolute atomic E-state index is 0.242. The van der Waals surface area contributed by atoms with Gasteiger partial charge in [0, 0.05) is 13.5 Å². The summed E-state index contributed by atoms with van der Waals surface area (Å²) in [6, 6.07) is 10.2. The van der Waals surface area contributed by atoms with Gasteiger partial charge in [0.25, 0.3) is 0 Å². The Kier molecular flexibility index (Phi) is 6.57. The van der Waals surface area contributed by atoms with Crippen molar-refractivity contribution in [2.75, 3.05) is 7.11 Å². The number of carboxylic acid groups (broad SMARTS) is 1. The van der Waals surface area contributed by atoms with E-state index in [0.717, 1.165) is 32.1 Å². The number of unbranched alkanes of at least 4 members (excludes halogenated alkanes) is 3. The Hall–Kier alpha value is -1.35. The number of hydrogen-bond donors (Lipinski definition) is 1. The highest BCUT2D eigenvalue weighted by molar-refractivity contribution is 5.66. The van der Waals surface area contributed by atoms with Gasteiger partial charge in [-0.15, -0.1) is 0 Å². The molecule has 0 aliphatic rings. The maximum Gasteiger partial charge on any atom is 0.303 e. The van der Waals surface area contributed by atoms with Gasteiger partial charge in [-0.05, 0) is 25.3 Å². The average molecular weight is 264 g/mol. The molecule has 0 aliphatic heterocycles. The van der Waals surface area contributed by atoms with Gasteiger partial charge in [0.1, 0.15) is 0 Å². The molecular weight excluding hydrogens is 240 g/mol. The van der Waals surface area contributed by atoms with E-state index in [9.17, 15) is 4.79 Å². The van der Waals surface area contributed by atoms with Crippen molar-refractivity contribution in [1.29, 1.82) is 0 Å². The molecule has 3 heteroatoms. The van der Waals surface area contributed by atoms with E-state index in [2.05, 4.69) is 19.1 Å². The van der Waals surface area contributed by atoms with Crippen LogP contribution >= 0.6 is 0 Å². The predicted molar refractivity (Wildman–Crippen MR) is 76.1 cm³/mol. The third-order valence-electron chi connectivity index (χ3n) is 3.63. The van der Waals surface area contributed by atoms with Gasteiger partial charge in [0.15, 0.2) is 0 Å². The molecule has 19 heavy (non-hydrogen) atoms. The summed E-state index contributed by atoms with van der Waals surface area (Å²) in [7, 11) is 1.75. The maximum atomic E-state index is 10.4. The molecule has 0 aromatic heterocycles. The number of methoxy groups -OCH3 is 1. The molecule has 1 atom stereocenters. The first-order chi connectivity index (χ1) is 9.08. The van der Waals surface area contributed by atoms with Crippen LogP contribution in [0.4, 0.5) is 0 Å². The molecule has 106 valence electrons. The second kappa shape index (κ2) is 7.95. The van der Waals surface area contributed by atoms with Gasteiger partial charge in [0.05, 0.1) is 5.60 Å². The largest absolute Gasteiger partial charge is 0.481 e. The van der Waals surface area contributed by atoms with Crippen LogP contribution < -0.4 is 0 Å². The highest BCUT2D eigenvalue weighted by Gasteiger charge is 2.24. The summed E-state index contributed by atoms with van der Waals surface area (Å²) in [6.45, 7) is 2.11. The fraction of sp³-hybridized carbons (Fsp3) is 0.562. The van der Waals surface area contributed by atoms with Crippen LogP contribution in [0.15, 0.2) is 30.3 Å².